The molecule has 3 heteroatoms. The van der Waals surface area contributed by atoms with Gasteiger partial charge in [-0.25, -0.2) is 0 Å². The topological polar surface area (TPSA) is 35.5 Å². The molecule has 19 heavy (non-hydrogen) atoms. The summed E-state index contributed by atoms with van der Waals surface area (Å²) in [6.45, 7) is 0.474. The highest BCUT2D eigenvalue weighted by atomic mass is 16.5. The lowest BCUT2D eigenvalue weighted by molar-refractivity contribution is -0.124. The Morgan fingerprint density at radius 2 is 1.74 bits per heavy atom. The molecule has 3 nitrogen and oxygen atoms in total. The van der Waals surface area contributed by atoms with E-state index in [1.54, 1.807) is 7.11 Å². The summed E-state index contributed by atoms with van der Waals surface area (Å²) in [6, 6.07) is 7.45. The summed E-state index contributed by atoms with van der Waals surface area (Å²) in [6.07, 6.45) is 6.36. The van der Waals surface area contributed by atoms with Crippen LogP contribution in [0.25, 0.3) is 0 Å². The number of hydrogen-bond donors (Lipinski definition) is 0. The van der Waals surface area contributed by atoms with Crippen molar-refractivity contribution >= 4 is 5.78 Å². The highest BCUT2D eigenvalue weighted by Gasteiger charge is 2.20. The van der Waals surface area contributed by atoms with Gasteiger partial charge in [0.2, 0.25) is 0 Å². The van der Waals surface area contributed by atoms with Gasteiger partial charge in [-0.2, -0.15) is 0 Å². The van der Waals surface area contributed by atoms with E-state index < -0.39 is 0 Å². The van der Waals surface area contributed by atoms with Crippen molar-refractivity contribution < 1.29 is 14.3 Å². The molecule has 104 valence electrons. The molecule has 0 amide bonds. The third-order valence-electron chi connectivity index (χ3n) is 3.74. The smallest absolute Gasteiger partial charge is 0.139 e. The zero-order valence-corrected chi connectivity index (χ0v) is 11.6. The summed E-state index contributed by atoms with van der Waals surface area (Å²) in [7, 11) is 1.64. The molecule has 2 rings (SSSR count). The van der Waals surface area contributed by atoms with Crippen LogP contribution in [0.4, 0.5) is 0 Å². The fourth-order valence-corrected chi connectivity index (χ4v) is 2.57. The number of rotatable bonds is 6. The summed E-state index contributed by atoms with van der Waals surface area (Å²) in [5, 5.41) is 0. The van der Waals surface area contributed by atoms with Crippen LogP contribution in [-0.2, 0) is 4.79 Å². The molecule has 1 aliphatic rings. The predicted molar refractivity (Wildman–Crippen MR) is 74.7 cm³/mol. The number of ketones is 1. The quantitative estimate of drug-likeness (QED) is 0.785. The van der Waals surface area contributed by atoms with Crippen molar-refractivity contribution in [2.75, 3.05) is 13.7 Å². The molecule has 1 fully saturated rings. The van der Waals surface area contributed by atoms with Gasteiger partial charge in [0.25, 0.3) is 0 Å². The van der Waals surface area contributed by atoms with Gasteiger partial charge in [-0.1, -0.05) is 19.3 Å². The van der Waals surface area contributed by atoms with Gasteiger partial charge in [0.15, 0.2) is 0 Å². The Kier molecular flexibility index (Phi) is 5.25. The Morgan fingerprint density at radius 1 is 1.11 bits per heavy atom. The highest BCUT2D eigenvalue weighted by molar-refractivity contribution is 5.81. The Morgan fingerprint density at radius 3 is 2.37 bits per heavy atom. The lowest BCUT2D eigenvalue weighted by atomic mass is 9.85. The Hall–Kier alpha value is -1.51. The van der Waals surface area contributed by atoms with Crippen molar-refractivity contribution in [3.8, 4) is 11.5 Å². The van der Waals surface area contributed by atoms with E-state index in [0.29, 0.717) is 18.8 Å². The molecule has 1 aliphatic carbocycles. The fraction of sp³-hybridized carbons (Fsp3) is 0.562. The molecule has 1 aromatic rings. The van der Waals surface area contributed by atoms with Gasteiger partial charge in [-0.15, -0.1) is 0 Å². The average Bonchev–Trinajstić information content (AvgIpc) is 2.49. The number of hydrogen-bond acceptors (Lipinski definition) is 3. The van der Waals surface area contributed by atoms with E-state index in [1.807, 2.05) is 24.3 Å². The molecule has 0 atom stereocenters. The molecular weight excluding hydrogens is 240 g/mol. The number of Topliss-reactive ketones (excluding diaryl/α,β-unsaturated/α-hetero) is 1. The first-order valence-electron chi connectivity index (χ1n) is 7.09. The van der Waals surface area contributed by atoms with Gasteiger partial charge in [0, 0.05) is 12.3 Å². The normalized spacial score (nSPS) is 16.1. The van der Waals surface area contributed by atoms with Crippen LogP contribution in [0.15, 0.2) is 24.3 Å². The van der Waals surface area contributed by atoms with Gasteiger partial charge in [-0.3, -0.25) is 4.79 Å². The van der Waals surface area contributed by atoms with Crippen LogP contribution < -0.4 is 9.47 Å². The first kappa shape index (κ1) is 13.9. The minimum absolute atomic E-state index is 0.285. The van der Waals surface area contributed by atoms with Crippen LogP contribution in [0.3, 0.4) is 0 Å². The summed E-state index contributed by atoms with van der Waals surface area (Å²) in [5.74, 6) is 2.25. The molecule has 0 aliphatic heterocycles. The van der Waals surface area contributed by atoms with E-state index >= 15 is 0 Å². The van der Waals surface area contributed by atoms with E-state index in [4.69, 9.17) is 9.47 Å². The molecule has 0 aromatic heterocycles. The van der Waals surface area contributed by atoms with E-state index in [9.17, 15) is 4.79 Å². The minimum Gasteiger partial charge on any atom is -0.497 e. The molecule has 1 saturated carbocycles. The van der Waals surface area contributed by atoms with Crippen LogP contribution >= 0.6 is 0 Å². The largest absolute Gasteiger partial charge is 0.497 e. The van der Waals surface area contributed by atoms with Crippen LogP contribution in [0, 0.1) is 5.92 Å². The number of benzene rings is 1. The van der Waals surface area contributed by atoms with E-state index in [2.05, 4.69) is 0 Å². The van der Waals surface area contributed by atoms with Gasteiger partial charge in [-0.05, 0) is 37.1 Å². The maximum atomic E-state index is 12.0. The van der Waals surface area contributed by atoms with Crippen LogP contribution in [0.5, 0.6) is 11.5 Å². The third kappa shape index (κ3) is 4.27. The zero-order chi connectivity index (χ0) is 13.5. The molecular formula is C16H22O3. The number of carbonyl (C=O) groups excluding carboxylic acids is 1. The average molecular weight is 262 g/mol. The molecule has 0 unspecified atom stereocenters. The summed E-state index contributed by atoms with van der Waals surface area (Å²) in [4.78, 5) is 12.0. The maximum Gasteiger partial charge on any atom is 0.139 e. The lowest BCUT2D eigenvalue weighted by Crippen LogP contribution is -2.19. The molecule has 0 bridgehead atoms. The van der Waals surface area contributed by atoms with Gasteiger partial charge >= 0.3 is 0 Å². The van der Waals surface area contributed by atoms with Crippen molar-refractivity contribution in [2.24, 2.45) is 5.92 Å². The van der Waals surface area contributed by atoms with Crippen LogP contribution in [-0.4, -0.2) is 19.5 Å². The first-order chi connectivity index (χ1) is 9.29. The molecule has 0 heterocycles. The minimum atomic E-state index is 0.285. The van der Waals surface area contributed by atoms with Crippen molar-refractivity contribution in [2.45, 2.75) is 38.5 Å². The Bertz CT molecular complexity index is 391. The summed E-state index contributed by atoms with van der Waals surface area (Å²) < 4.78 is 10.7. The van der Waals surface area contributed by atoms with Crippen molar-refractivity contribution in [1.29, 1.82) is 0 Å². The molecule has 1 aromatic carbocycles. The summed E-state index contributed by atoms with van der Waals surface area (Å²) >= 11 is 0. The van der Waals surface area contributed by atoms with Crippen molar-refractivity contribution in [3.63, 3.8) is 0 Å². The number of carbonyl (C=O) groups is 1. The van der Waals surface area contributed by atoms with E-state index in [1.165, 1.54) is 19.3 Å². The molecule has 0 spiro atoms. The lowest BCUT2D eigenvalue weighted by Gasteiger charge is -2.20. The second-order valence-corrected chi connectivity index (χ2v) is 5.08. The highest BCUT2D eigenvalue weighted by Crippen LogP contribution is 2.25. The standard InChI is InChI=1S/C16H22O3/c1-18-14-7-9-15(10-8-14)19-12-11-16(17)13-5-3-2-4-6-13/h7-10,13H,2-6,11-12H2,1H3. The van der Waals surface area contributed by atoms with Gasteiger partial charge in [0.1, 0.15) is 17.3 Å². The van der Waals surface area contributed by atoms with Crippen molar-refractivity contribution in [3.05, 3.63) is 24.3 Å². The van der Waals surface area contributed by atoms with Crippen LogP contribution in [0.1, 0.15) is 38.5 Å². The predicted octanol–water partition coefficient (Wildman–Crippen LogP) is 3.61. The van der Waals surface area contributed by atoms with E-state index in [-0.39, 0.29) is 5.92 Å². The molecule has 0 saturated heterocycles. The maximum absolute atomic E-state index is 12.0. The van der Waals surface area contributed by atoms with Crippen LogP contribution in [0.2, 0.25) is 0 Å². The Labute approximate surface area is 114 Å². The number of ether oxygens (including phenoxy) is 2. The fourth-order valence-electron chi connectivity index (χ4n) is 2.57. The molecule has 0 radical (unpaired) electrons. The third-order valence-corrected chi connectivity index (χ3v) is 3.74. The van der Waals surface area contributed by atoms with Gasteiger partial charge < -0.3 is 9.47 Å². The Balaban J connectivity index is 1.71. The van der Waals surface area contributed by atoms with Gasteiger partial charge in [0.05, 0.1) is 13.7 Å². The second kappa shape index (κ2) is 7.17. The molecule has 0 N–H and O–H groups in total. The van der Waals surface area contributed by atoms with Crippen molar-refractivity contribution in [1.82, 2.24) is 0 Å². The zero-order valence-electron chi connectivity index (χ0n) is 11.6. The van der Waals surface area contributed by atoms with E-state index in [0.717, 1.165) is 24.3 Å². The second-order valence-electron chi connectivity index (χ2n) is 5.08. The summed E-state index contributed by atoms with van der Waals surface area (Å²) in [5.41, 5.74) is 0. The SMILES string of the molecule is COc1ccc(OCCC(=O)C2CCCCC2)cc1. The number of methoxy groups -OCH3 is 1. The monoisotopic (exact) mass is 262 g/mol. The first-order valence-corrected chi connectivity index (χ1v) is 7.09.